The van der Waals surface area contributed by atoms with Gasteiger partial charge >= 0.3 is 6.03 Å². The van der Waals surface area contributed by atoms with Gasteiger partial charge in [0, 0.05) is 18.6 Å². The Morgan fingerprint density at radius 3 is 2.29 bits per heavy atom. The van der Waals surface area contributed by atoms with Crippen LogP contribution in [-0.2, 0) is 15.1 Å². The predicted octanol–water partition coefficient (Wildman–Crippen LogP) is 2.33. The number of hydrogen-bond acceptors (Lipinski definition) is 4. The maximum Gasteiger partial charge on any atom is 0.321 e. The lowest BCUT2D eigenvalue weighted by Gasteiger charge is -2.49. The van der Waals surface area contributed by atoms with E-state index in [1.165, 1.54) is 12.0 Å². The fraction of sp³-hybridized carbons (Fsp3) is 0.654. The Kier molecular flexibility index (Phi) is 6.64. The number of urea groups is 1. The van der Waals surface area contributed by atoms with E-state index in [2.05, 4.69) is 39.8 Å². The largest absolute Gasteiger partial charge is 0.368 e. The first-order valence-corrected chi connectivity index (χ1v) is 12.5. The van der Waals surface area contributed by atoms with Crippen molar-refractivity contribution in [2.24, 2.45) is 11.7 Å². The van der Waals surface area contributed by atoms with Crippen LogP contribution in [-0.4, -0.2) is 65.4 Å². The molecule has 2 aliphatic carbocycles. The van der Waals surface area contributed by atoms with E-state index in [9.17, 15) is 14.4 Å². The SMILES string of the molecule is CN[C@]1(c2ccccc2)CC[C@]2(CC1)CN(CC(=O)NC(C)(C)C(N)=O)C(=O)N2CC1CCC1. The van der Waals surface area contributed by atoms with Gasteiger partial charge in [0.1, 0.15) is 12.1 Å². The minimum absolute atomic E-state index is 0.0596. The van der Waals surface area contributed by atoms with Crippen molar-refractivity contribution in [3.05, 3.63) is 35.9 Å². The molecule has 8 nitrogen and oxygen atoms in total. The summed E-state index contributed by atoms with van der Waals surface area (Å²) >= 11 is 0. The van der Waals surface area contributed by atoms with Crippen molar-refractivity contribution in [1.82, 2.24) is 20.4 Å². The van der Waals surface area contributed by atoms with E-state index in [4.69, 9.17) is 5.73 Å². The monoisotopic (exact) mass is 469 g/mol. The van der Waals surface area contributed by atoms with Gasteiger partial charge in [-0.05, 0) is 70.9 Å². The second-order valence-corrected chi connectivity index (χ2v) is 11.0. The minimum atomic E-state index is -1.16. The van der Waals surface area contributed by atoms with Gasteiger partial charge < -0.3 is 26.2 Å². The first-order valence-electron chi connectivity index (χ1n) is 12.5. The number of amides is 4. The summed E-state index contributed by atoms with van der Waals surface area (Å²) in [5.41, 5.74) is 5.16. The molecule has 1 saturated heterocycles. The number of primary amides is 1. The van der Waals surface area contributed by atoms with Crippen LogP contribution in [0.1, 0.15) is 64.4 Å². The molecule has 1 heterocycles. The zero-order chi connectivity index (χ0) is 24.6. The smallest absolute Gasteiger partial charge is 0.321 e. The number of carbonyl (C=O) groups excluding carboxylic acids is 3. The molecule has 0 bridgehead atoms. The van der Waals surface area contributed by atoms with Crippen molar-refractivity contribution in [2.75, 3.05) is 26.7 Å². The molecule has 1 spiro atoms. The third-order valence-electron chi connectivity index (χ3n) is 8.47. The average molecular weight is 470 g/mol. The van der Waals surface area contributed by atoms with E-state index < -0.39 is 11.4 Å². The standard InChI is InChI=1S/C26H39N5O3/c1-24(2,22(27)33)29-21(32)17-30-18-25(31(23(30)34)16-19-8-7-9-19)12-14-26(28-3,15-13-25)20-10-5-4-6-11-20/h4-6,10-11,19,28H,7-9,12-18H2,1-3H3,(H2,27,33)(H,29,32)/t25-,26+. The summed E-state index contributed by atoms with van der Waals surface area (Å²) in [5, 5.41) is 6.26. The van der Waals surface area contributed by atoms with E-state index in [0.717, 1.165) is 45.1 Å². The topological polar surface area (TPSA) is 108 Å². The van der Waals surface area contributed by atoms with Gasteiger partial charge in [-0.25, -0.2) is 4.79 Å². The Labute approximate surface area is 202 Å². The fourth-order valence-corrected chi connectivity index (χ4v) is 5.84. The molecule has 4 rings (SSSR count). The van der Waals surface area contributed by atoms with Gasteiger partial charge in [-0.15, -0.1) is 0 Å². The van der Waals surface area contributed by atoms with Crippen LogP contribution in [0.25, 0.3) is 0 Å². The number of benzene rings is 1. The zero-order valence-corrected chi connectivity index (χ0v) is 20.7. The van der Waals surface area contributed by atoms with Crippen molar-refractivity contribution in [2.45, 2.75) is 75.4 Å². The summed E-state index contributed by atoms with van der Waals surface area (Å²) in [6.07, 6.45) is 7.17. The van der Waals surface area contributed by atoms with E-state index in [1.54, 1.807) is 18.7 Å². The molecule has 2 saturated carbocycles. The van der Waals surface area contributed by atoms with Crippen LogP contribution >= 0.6 is 0 Å². The maximum atomic E-state index is 13.6. The van der Waals surface area contributed by atoms with Crippen molar-refractivity contribution in [3.8, 4) is 0 Å². The van der Waals surface area contributed by atoms with Crippen LogP contribution in [0.2, 0.25) is 0 Å². The average Bonchev–Trinajstić information content (AvgIpc) is 3.02. The number of hydrogen-bond donors (Lipinski definition) is 3. The van der Waals surface area contributed by atoms with Crippen LogP contribution in [0.3, 0.4) is 0 Å². The van der Waals surface area contributed by atoms with Gasteiger partial charge in [0.05, 0.1) is 5.54 Å². The van der Waals surface area contributed by atoms with Gasteiger partial charge in [-0.1, -0.05) is 36.8 Å². The molecule has 0 aromatic heterocycles. The highest BCUT2D eigenvalue weighted by molar-refractivity contribution is 5.92. The van der Waals surface area contributed by atoms with Crippen LogP contribution in [0.4, 0.5) is 4.79 Å². The van der Waals surface area contributed by atoms with Gasteiger partial charge in [0.15, 0.2) is 0 Å². The molecule has 1 aromatic carbocycles. The molecule has 3 aliphatic rings. The Morgan fingerprint density at radius 1 is 1.12 bits per heavy atom. The highest BCUT2D eigenvalue weighted by atomic mass is 16.2. The third-order valence-corrected chi connectivity index (χ3v) is 8.47. The molecular formula is C26H39N5O3. The lowest BCUT2D eigenvalue weighted by molar-refractivity contribution is -0.130. The number of nitrogens with one attached hydrogen (secondary N) is 2. The molecule has 4 N–H and O–H groups in total. The van der Waals surface area contributed by atoms with E-state index in [-0.39, 0.29) is 29.6 Å². The second kappa shape index (κ2) is 9.21. The number of nitrogens with two attached hydrogens (primary N) is 1. The zero-order valence-electron chi connectivity index (χ0n) is 20.7. The van der Waals surface area contributed by atoms with Gasteiger partial charge in [-0.3, -0.25) is 9.59 Å². The first-order chi connectivity index (χ1) is 16.1. The van der Waals surface area contributed by atoms with Gasteiger partial charge in [0.2, 0.25) is 11.8 Å². The summed E-state index contributed by atoms with van der Waals surface area (Å²) in [5.74, 6) is -0.413. The van der Waals surface area contributed by atoms with Crippen molar-refractivity contribution in [1.29, 1.82) is 0 Å². The predicted molar refractivity (Wildman–Crippen MR) is 131 cm³/mol. The van der Waals surface area contributed by atoms with E-state index >= 15 is 0 Å². The Hall–Kier alpha value is -2.61. The van der Waals surface area contributed by atoms with Crippen molar-refractivity contribution < 1.29 is 14.4 Å². The van der Waals surface area contributed by atoms with Crippen molar-refractivity contribution >= 4 is 17.8 Å². The highest BCUT2D eigenvalue weighted by Gasteiger charge is 2.54. The highest BCUT2D eigenvalue weighted by Crippen LogP contribution is 2.47. The molecule has 186 valence electrons. The summed E-state index contributed by atoms with van der Waals surface area (Å²) in [6, 6.07) is 10.5. The fourth-order valence-electron chi connectivity index (χ4n) is 5.84. The van der Waals surface area contributed by atoms with E-state index in [1.807, 2.05) is 13.1 Å². The van der Waals surface area contributed by atoms with Gasteiger partial charge in [0.25, 0.3) is 0 Å². The van der Waals surface area contributed by atoms with E-state index in [0.29, 0.717) is 12.5 Å². The molecule has 0 unspecified atom stereocenters. The first kappa shape index (κ1) is 24.5. The quantitative estimate of drug-likeness (QED) is 0.543. The molecule has 1 aliphatic heterocycles. The number of carbonyl (C=O) groups is 3. The van der Waals surface area contributed by atoms with Crippen molar-refractivity contribution in [3.63, 3.8) is 0 Å². The normalized spacial score (nSPS) is 27.7. The van der Waals surface area contributed by atoms with Crippen LogP contribution in [0, 0.1) is 5.92 Å². The molecule has 4 amide bonds. The van der Waals surface area contributed by atoms with Crippen LogP contribution < -0.4 is 16.4 Å². The second-order valence-electron chi connectivity index (χ2n) is 11.0. The lowest BCUT2D eigenvalue weighted by Crippen LogP contribution is -2.56. The minimum Gasteiger partial charge on any atom is -0.368 e. The molecule has 1 aromatic rings. The molecule has 0 radical (unpaired) electrons. The molecular weight excluding hydrogens is 430 g/mol. The Balaban J connectivity index is 1.51. The lowest BCUT2D eigenvalue weighted by atomic mass is 9.68. The summed E-state index contributed by atoms with van der Waals surface area (Å²) in [7, 11) is 2.02. The number of rotatable bonds is 8. The molecule has 8 heteroatoms. The Morgan fingerprint density at radius 2 is 1.76 bits per heavy atom. The maximum absolute atomic E-state index is 13.6. The summed E-state index contributed by atoms with van der Waals surface area (Å²) < 4.78 is 0. The summed E-state index contributed by atoms with van der Waals surface area (Å²) in [4.78, 5) is 41.7. The molecule has 34 heavy (non-hydrogen) atoms. The van der Waals surface area contributed by atoms with Crippen LogP contribution in [0.15, 0.2) is 30.3 Å². The van der Waals surface area contributed by atoms with Crippen LogP contribution in [0.5, 0.6) is 0 Å². The number of nitrogens with zero attached hydrogens (tertiary/aromatic N) is 2. The molecule has 0 atom stereocenters. The van der Waals surface area contributed by atoms with Gasteiger partial charge in [-0.2, -0.15) is 0 Å². The Bertz CT molecular complexity index is 920. The summed E-state index contributed by atoms with van der Waals surface area (Å²) in [6.45, 7) is 4.39. The third kappa shape index (κ3) is 4.52. The molecule has 3 fully saturated rings.